The first-order chi connectivity index (χ1) is 20.2. The molecule has 1 aromatic heterocycles. The summed E-state index contributed by atoms with van der Waals surface area (Å²) >= 11 is 0. The predicted octanol–water partition coefficient (Wildman–Crippen LogP) is 3.67. The number of nitrogens with zero attached hydrogens (tertiary/aromatic N) is 2. The number of benzene rings is 4. The summed E-state index contributed by atoms with van der Waals surface area (Å²) in [5.74, 6) is -0.487. The highest BCUT2D eigenvalue weighted by Crippen LogP contribution is 2.59. The molecule has 0 saturated carbocycles. The van der Waals surface area contributed by atoms with Gasteiger partial charge in [0.25, 0.3) is 0 Å². The van der Waals surface area contributed by atoms with Gasteiger partial charge in [-0.2, -0.15) is 0 Å². The number of hydrogen-bond donors (Lipinski definition) is 1. The second-order valence-electron chi connectivity index (χ2n) is 10.4. The molecular formula is C34H34BrFN3O2PS. The molecule has 5 aromatic rings. The average molecular weight is 679 g/mol. The first-order valence-electron chi connectivity index (χ1n) is 14.0. The number of sulfonamides is 1. The summed E-state index contributed by atoms with van der Waals surface area (Å²) in [6.45, 7) is 5.66. The van der Waals surface area contributed by atoms with Crippen LogP contribution in [0.2, 0.25) is 0 Å². The molecule has 222 valence electrons. The summed E-state index contributed by atoms with van der Waals surface area (Å²) < 4.78 is 41.8. The Balaban J connectivity index is 0.00000423. The molecule has 0 amide bonds. The van der Waals surface area contributed by atoms with E-state index in [9.17, 15) is 12.8 Å². The second-order valence-corrected chi connectivity index (χ2v) is 15.9. The molecule has 5 rings (SSSR count). The third kappa shape index (κ3) is 7.04. The van der Waals surface area contributed by atoms with Crippen LogP contribution in [0.25, 0.3) is 11.3 Å². The van der Waals surface area contributed by atoms with Crippen molar-refractivity contribution in [2.24, 2.45) is 0 Å². The lowest BCUT2D eigenvalue weighted by molar-refractivity contribution is -0.0000116. The van der Waals surface area contributed by atoms with Gasteiger partial charge in [0.05, 0.1) is 17.1 Å². The van der Waals surface area contributed by atoms with Gasteiger partial charge in [0.1, 0.15) is 35.2 Å². The van der Waals surface area contributed by atoms with Crippen LogP contribution < -0.4 is 37.6 Å². The van der Waals surface area contributed by atoms with Gasteiger partial charge in [0.15, 0.2) is 0 Å². The maximum atomic E-state index is 14.1. The van der Waals surface area contributed by atoms with Crippen LogP contribution in [0.15, 0.2) is 115 Å². The van der Waals surface area contributed by atoms with Crippen LogP contribution in [0.5, 0.6) is 0 Å². The zero-order valence-electron chi connectivity index (χ0n) is 24.3. The fourth-order valence-corrected chi connectivity index (χ4v) is 10.0. The Morgan fingerprint density at radius 1 is 0.744 bits per heavy atom. The van der Waals surface area contributed by atoms with Crippen molar-refractivity contribution in [1.29, 1.82) is 0 Å². The molecule has 0 spiro atoms. The topological polar surface area (TPSA) is 72.0 Å². The van der Waals surface area contributed by atoms with Crippen LogP contribution in [0.1, 0.15) is 37.9 Å². The van der Waals surface area contributed by atoms with Crippen molar-refractivity contribution in [1.82, 2.24) is 9.97 Å². The first kappa shape index (κ1) is 32.5. The Kier molecular flexibility index (Phi) is 10.5. The maximum absolute atomic E-state index is 14.1. The van der Waals surface area contributed by atoms with E-state index in [-0.39, 0.29) is 40.4 Å². The van der Waals surface area contributed by atoms with Crippen molar-refractivity contribution >= 4 is 39.1 Å². The lowest BCUT2D eigenvalue weighted by Crippen LogP contribution is -3.00. The smallest absolute Gasteiger partial charge is 0.237 e. The molecule has 43 heavy (non-hydrogen) atoms. The SMILES string of the molecule is CCS(=O)(=O)Nc1nc(-c2ccc(F)cc2)c(C[P+](c2ccccc2)(c2ccccc2)c2ccccc2)c(C(C)C)n1.[Br-]. The Labute approximate surface area is 264 Å². The third-order valence-electron chi connectivity index (χ3n) is 7.32. The van der Waals surface area contributed by atoms with Gasteiger partial charge in [-0.1, -0.05) is 68.4 Å². The van der Waals surface area contributed by atoms with Crippen LogP contribution in [-0.4, -0.2) is 24.1 Å². The zero-order valence-corrected chi connectivity index (χ0v) is 27.6. The fourth-order valence-electron chi connectivity index (χ4n) is 5.24. The summed E-state index contributed by atoms with van der Waals surface area (Å²) in [6.07, 6.45) is 0.589. The van der Waals surface area contributed by atoms with Gasteiger partial charge >= 0.3 is 0 Å². The van der Waals surface area contributed by atoms with E-state index in [0.717, 1.165) is 11.3 Å². The monoisotopic (exact) mass is 677 g/mol. The predicted molar refractivity (Wildman–Crippen MR) is 173 cm³/mol. The summed E-state index contributed by atoms with van der Waals surface area (Å²) in [6, 6.07) is 37.8. The number of halogens is 2. The molecule has 0 bridgehead atoms. The third-order valence-corrected chi connectivity index (χ3v) is 12.9. The average Bonchev–Trinajstić information content (AvgIpc) is 3.01. The van der Waals surface area contributed by atoms with Crippen LogP contribution in [0, 0.1) is 5.82 Å². The molecule has 1 N–H and O–H groups in total. The number of rotatable bonds is 10. The number of aromatic nitrogens is 2. The number of hydrogen-bond acceptors (Lipinski definition) is 4. The highest BCUT2D eigenvalue weighted by molar-refractivity contribution is 7.95. The molecule has 0 aliphatic rings. The van der Waals surface area contributed by atoms with Crippen molar-refractivity contribution in [3.8, 4) is 11.3 Å². The van der Waals surface area contributed by atoms with Gasteiger partial charge < -0.3 is 17.0 Å². The zero-order chi connectivity index (χ0) is 29.7. The van der Waals surface area contributed by atoms with Gasteiger partial charge in [-0.3, -0.25) is 4.72 Å². The quantitative estimate of drug-likeness (QED) is 0.229. The second kappa shape index (κ2) is 13.9. The molecule has 5 nitrogen and oxygen atoms in total. The van der Waals surface area contributed by atoms with Crippen LogP contribution in [0.4, 0.5) is 10.3 Å². The molecule has 9 heteroatoms. The molecule has 0 atom stereocenters. The molecule has 0 aliphatic heterocycles. The van der Waals surface area contributed by atoms with Crippen LogP contribution in [-0.2, 0) is 16.2 Å². The normalized spacial score (nSPS) is 11.7. The van der Waals surface area contributed by atoms with Gasteiger partial charge in [-0.15, -0.1) is 0 Å². The summed E-state index contributed by atoms with van der Waals surface area (Å²) in [5.41, 5.74) is 2.96. The Hall–Kier alpha value is -3.45. The molecule has 0 radical (unpaired) electrons. The van der Waals surface area contributed by atoms with Crippen LogP contribution in [0.3, 0.4) is 0 Å². The molecular weight excluding hydrogens is 644 g/mol. The molecule has 1 heterocycles. The minimum Gasteiger partial charge on any atom is -1.00 e. The highest BCUT2D eigenvalue weighted by atomic mass is 79.9. The van der Waals surface area contributed by atoms with E-state index in [2.05, 4.69) is 77.5 Å². The molecule has 0 aliphatic carbocycles. The van der Waals surface area contributed by atoms with E-state index in [1.54, 1.807) is 19.1 Å². The first-order valence-corrected chi connectivity index (χ1v) is 17.6. The lowest BCUT2D eigenvalue weighted by Gasteiger charge is -2.29. The Morgan fingerprint density at radius 2 is 1.21 bits per heavy atom. The molecule has 0 fully saturated rings. The highest BCUT2D eigenvalue weighted by Gasteiger charge is 2.47. The minimum absolute atomic E-state index is 0. The van der Waals surface area contributed by atoms with Gasteiger partial charge in [0.2, 0.25) is 16.0 Å². The van der Waals surface area contributed by atoms with Gasteiger partial charge in [-0.05, 0) is 73.5 Å². The van der Waals surface area contributed by atoms with Crippen molar-refractivity contribution in [2.75, 3.05) is 10.5 Å². The van der Waals surface area contributed by atoms with E-state index in [4.69, 9.17) is 9.97 Å². The standard InChI is InChI=1S/C34H34FN3O2PS.BrH/c1-4-42(39,40)38-34-36-32(25(2)3)31(33(37-34)26-20-22-27(35)23-21-26)24-41(28-14-8-5-9-15-28,29-16-10-6-11-17-29)30-18-12-7-13-19-30;/h5-23,25H,4,24H2,1-3H3,(H,36,37,38);1H/q+1;/p-1. The van der Waals surface area contributed by atoms with E-state index in [0.29, 0.717) is 17.4 Å². The van der Waals surface area contributed by atoms with E-state index < -0.39 is 17.3 Å². The lowest BCUT2D eigenvalue weighted by atomic mass is 9.99. The summed E-state index contributed by atoms with van der Waals surface area (Å²) in [7, 11) is -5.98. The van der Waals surface area contributed by atoms with Crippen molar-refractivity contribution in [3.63, 3.8) is 0 Å². The van der Waals surface area contributed by atoms with Crippen molar-refractivity contribution < 1.29 is 29.8 Å². The van der Waals surface area contributed by atoms with Crippen molar-refractivity contribution in [2.45, 2.75) is 32.9 Å². The van der Waals surface area contributed by atoms with E-state index in [1.165, 1.54) is 28.0 Å². The Morgan fingerprint density at radius 3 is 1.63 bits per heavy atom. The summed E-state index contributed by atoms with van der Waals surface area (Å²) in [4.78, 5) is 9.62. The minimum atomic E-state index is -3.63. The van der Waals surface area contributed by atoms with Crippen molar-refractivity contribution in [3.05, 3.63) is 132 Å². The largest absolute Gasteiger partial charge is 1.00 e. The molecule has 0 saturated heterocycles. The number of nitrogens with one attached hydrogen (secondary N) is 1. The fraction of sp³-hybridized carbons (Fsp3) is 0.176. The van der Waals surface area contributed by atoms with E-state index >= 15 is 0 Å². The maximum Gasteiger partial charge on any atom is 0.237 e. The number of anilines is 1. The molecule has 0 unspecified atom stereocenters. The Bertz CT molecular complexity index is 1660. The molecule has 4 aromatic carbocycles. The van der Waals surface area contributed by atoms with Gasteiger partial charge in [-0.25, -0.2) is 22.8 Å². The van der Waals surface area contributed by atoms with E-state index in [1.807, 2.05) is 32.0 Å². The van der Waals surface area contributed by atoms with Gasteiger partial charge in [0, 0.05) is 11.1 Å². The summed E-state index contributed by atoms with van der Waals surface area (Å²) in [5, 5.41) is 3.62. The van der Waals surface area contributed by atoms with Crippen LogP contribution >= 0.6 is 7.26 Å².